The van der Waals surface area contributed by atoms with Crippen LogP contribution in [0.5, 0.6) is 0 Å². The van der Waals surface area contributed by atoms with Crippen molar-refractivity contribution in [2.24, 2.45) is 5.41 Å². The fourth-order valence-electron chi connectivity index (χ4n) is 6.85. The van der Waals surface area contributed by atoms with Crippen molar-refractivity contribution < 1.29 is 61.9 Å². The Bertz CT molecular complexity index is 628. The van der Waals surface area contributed by atoms with Crippen molar-refractivity contribution in [3.63, 3.8) is 0 Å². The Labute approximate surface area is 341 Å². The number of quaternary nitrogens is 2. The standard InChI is InChI=1S/C43H92N2O4.2BrH/c1-9-13-15-17-19-21-23-25-27-29-35-46-39-43(41-48-37-33-44(5,6)31-11-3,42-49-38-34-45(7,8)32-12-4)40-47-36-30-28-26-24-22-20-18-16-14-10-2;;/h9-42H2,1-8H3;2*1H/q+2;;/p-2. The van der Waals surface area contributed by atoms with Crippen LogP contribution >= 0.6 is 0 Å². The molecule has 0 aliphatic heterocycles. The van der Waals surface area contributed by atoms with Gasteiger partial charge in [0.05, 0.1) is 86.3 Å². The summed E-state index contributed by atoms with van der Waals surface area (Å²) < 4.78 is 27.8. The first-order valence-corrected chi connectivity index (χ1v) is 21.6. The van der Waals surface area contributed by atoms with Gasteiger partial charge in [-0.1, -0.05) is 143 Å². The number of halogens is 2. The second kappa shape index (κ2) is 39.0. The van der Waals surface area contributed by atoms with E-state index in [4.69, 9.17) is 18.9 Å². The third-order valence-corrected chi connectivity index (χ3v) is 10.3. The van der Waals surface area contributed by atoms with Gasteiger partial charge in [0.1, 0.15) is 13.1 Å². The number of hydrogen-bond donors (Lipinski definition) is 0. The molecular formula is C43H92Br2N2O4. The molecule has 312 valence electrons. The lowest BCUT2D eigenvalue weighted by Crippen LogP contribution is -3.00. The molecule has 0 aliphatic rings. The van der Waals surface area contributed by atoms with E-state index in [0.717, 1.165) is 61.3 Å². The average Bonchev–Trinajstić information content (AvgIpc) is 3.06. The van der Waals surface area contributed by atoms with Crippen molar-refractivity contribution in [2.75, 3.05) is 107 Å². The Morgan fingerprint density at radius 2 is 0.569 bits per heavy atom. The van der Waals surface area contributed by atoms with E-state index in [1.807, 2.05) is 0 Å². The van der Waals surface area contributed by atoms with Crippen molar-refractivity contribution in [1.29, 1.82) is 0 Å². The summed E-state index contributed by atoms with van der Waals surface area (Å²) in [6.07, 6.45) is 29.3. The van der Waals surface area contributed by atoms with Crippen molar-refractivity contribution in [3.05, 3.63) is 0 Å². The molecule has 0 spiro atoms. The van der Waals surface area contributed by atoms with Crippen LogP contribution in [-0.2, 0) is 18.9 Å². The highest BCUT2D eigenvalue weighted by molar-refractivity contribution is 4.79. The Kier molecular flexibility index (Phi) is 42.8. The summed E-state index contributed by atoms with van der Waals surface area (Å²) in [7, 11) is 9.24. The minimum absolute atomic E-state index is 0. The molecule has 0 saturated heterocycles. The minimum Gasteiger partial charge on any atom is -1.00 e. The van der Waals surface area contributed by atoms with Gasteiger partial charge in [-0.05, 0) is 25.7 Å². The summed E-state index contributed by atoms with van der Waals surface area (Å²) in [5.41, 5.74) is -0.277. The smallest absolute Gasteiger partial charge is 0.102 e. The van der Waals surface area contributed by atoms with Crippen LogP contribution in [0.1, 0.15) is 169 Å². The Morgan fingerprint density at radius 1 is 0.314 bits per heavy atom. The lowest BCUT2D eigenvalue weighted by Gasteiger charge is -2.35. The van der Waals surface area contributed by atoms with E-state index in [9.17, 15) is 0 Å². The van der Waals surface area contributed by atoms with Gasteiger partial charge in [0.2, 0.25) is 0 Å². The number of nitrogens with zero attached hydrogens (tertiary/aromatic N) is 2. The van der Waals surface area contributed by atoms with Crippen molar-refractivity contribution in [1.82, 2.24) is 0 Å². The summed E-state index contributed by atoms with van der Waals surface area (Å²) in [5.74, 6) is 0. The molecular weight excluding hydrogens is 768 g/mol. The predicted octanol–water partition coefficient (Wildman–Crippen LogP) is 4.86. The molecule has 0 aliphatic carbocycles. The molecule has 51 heavy (non-hydrogen) atoms. The summed E-state index contributed by atoms with van der Waals surface area (Å²) in [4.78, 5) is 0. The minimum atomic E-state index is -0.277. The van der Waals surface area contributed by atoms with Gasteiger partial charge in [0.15, 0.2) is 0 Å². The molecule has 0 saturated carbocycles. The average molecular weight is 861 g/mol. The van der Waals surface area contributed by atoms with Crippen LogP contribution < -0.4 is 34.0 Å². The van der Waals surface area contributed by atoms with Gasteiger partial charge in [-0.2, -0.15) is 0 Å². The van der Waals surface area contributed by atoms with E-state index in [1.165, 1.54) is 142 Å². The molecule has 6 nitrogen and oxygen atoms in total. The molecule has 0 radical (unpaired) electrons. The van der Waals surface area contributed by atoms with E-state index in [-0.39, 0.29) is 39.4 Å². The predicted molar refractivity (Wildman–Crippen MR) is 214 cm³/mol. The molecule has 0 unspecified atom stereocenters. The van der Waals surface area contributed by atoms with Crippen LogP contribution in [0.25, 0.3) is 0 Å². The maximum Gasteiger partial charge on any atom is 0.102 e. The third kappa shape index (κ3) is 37.4. The SMILES string of the molecule is CCCCCCCCCCCCOCC(COCCCCCCCCCCCC)(COCC[N+](C)(C)CCC)COCC[N+](C)(C)CCC.[Br-].[Br-]. The van der Waals surface area contributed by atoms with Gasteiger partial charge in [-0.3, -0.25) is 0 Å². The molecule has 0 rings (SSSR count). The van der Waals surface area contributed by atoms with Crippen LogP contribution in [0.15, 0.2) is 0 Å². The summed E-state index contributed by atoms with van der Waals surface area (Å²) >= 11 is 0. The zero-order chi connectivity index (χ0) is 36.4. The third-order valence-electron chi connectivity index (χ3n) is 10.3. The molecule has 0 bridgehead atoms. The maximum atomic E-state index is 6.47. The number of unbranched alkanes of at least 4 members (excludes halogenated alkanes) is 18. The highest BCUT2D eigenvalue weighted by Crippen LogP contribution is 2.22. The van der Waals surface area contributed by atoms with Gasteiger partial charge >= 0.3 is 0 Å². The first-order chi connectivity index (χ1) is 23.7. The molecule has 0 atom stereocenters. The van der Waals surface area contributed by atoms with Gasteiger partial charge in [0, 0.05) is 13.2 Å². The van der Waals surface area contributed by atoms with E-state index >= 15 is 0 Å². The van der Waals surface area contributed by atoms with Gasteiger partial charge < -0.3 is 61.9 Å². The molecule has 0 amide bonds. The number of hydrogen-bond acceptors (Lipinski definition) is 4. The van der Waals surface area contributed by atoms with Crippen LogP contribution in [0, 0.1) is 5.41 Å². The van der Waals surface area contributed by atoms with E-state index in [1.54, 1.807) is 0 Å². The second-order valence-corrected chi connectivity index (χ2v) is 16.8. The molecule has 0 aromatic rings. The molecule has 0 aromatic heterocycles. The van der Waals surface area contributed by atoms with Gasteiger partial charge in [-0.25, -0.2) is 0 Å². The fourth-order valence-corrected chi connectivity index (χ4v) is 6.85. The van der Waals surface area contributed by atoms with Crippen LogP contribution in [0.4, 0.5) is 0 Å². The van der Waals surface area contributed by atoms with Gasteiger partial charge in [-0.15, -0.1) is 0 Å². The lowest BCUT2D eigenvalue weighted by atomic mass is 9.92. The van der Waals surface area contributed by atoms with Crippen molar-refractivity contribution in [3.8, 4) is 0 Å². The van der Waals surface area contributed by atoms with Gasteiger partial charge in [0.25, 0.3) is 0 Å². The Hall–Kier alpha value is 0.720. The Morgan fingerprint density at radius 3 is 0.843 bits per heavy atom. The maximum absolute atomic E-state index is 6.47. The number of rotatable bonds is 40. The van der Waals surface area contributed by atoms with E-state index in [2.05, 4.69) is 55.9 Å². The second-order valence-electron chi connectivity index (χ2n) is 16.8. The van der Waals surface area contributed by atoms with E-state index in [0.29, 0.717) is 26.4 Å². The largest absolute Gasteiger partial charge is 1.00 e. The highest BCUT2D eigenvalue weighted by Gasteiger charge is 2.33. The summed E-state index contributed by atoms with van der Waals surface area (Å²) in [5, 5.41) is 0. The zero-order valence-electron chi connectivity index (χ0n) is 35.8. The molecule has 8 heteroatoms. The fraction of sp³-hybridized carbons (Fsp3) is 1.00. The van der Waals surface area contributed by atoms with Crippen LogP contribution in [-0.4, -0.2) is 116 Å². The van der Waals surface area contributed by atoms with Crippen molar-refractivity contribution >= 4 is 0 Å². The van der Waals surface area contributed by atoms with Crippen molar-refractivity contribution in [2.45, 2.75) is 169 Å². The number of ether oxygens (including phenoxy) is 4. The molecule has 0 N–H and O–H groups in total. The molecule has 0 fully saturated rings. The topological polar surface area (TPSA) is 36.9 Å². The quantitative estimate of drug-likeness (QED) is 0.0653. The van der Waals surface area contributed by atoms with E-state index < -0.39 is 0 Å². The van der Waals surface area contributed by atoms with Crippen LogP contribution in [0.3, 0.4) is 0 Å². The monoisotopic (exact) mass is 859 g/mol. The number of likely N-dealkylation sites (N-methyl/N-ethyl adjacent to an activating group) is 2. The normalized spacial score (nSPS) is 12.2. The first-order valence-electron chi connectivity index (χ1n) is 21.6. The van der Waals surface area contributed by atoms with Crippen LogP contribution in [0.2, 0.25) is 0 Å². The highest BCUT2D eigenvalue weighted by atomic mass is 79.9. The summed E-state index contributed by atoms with van der Waals surface area (Å²) in [6, 6.07) is 0. The Balaban J connectivity index is -0.0000115. The first kappa shape index (κ1) is 56.1. The molecule has 0 aromatic carbocycles. The lowest BCUT2D eigenvalue weighted by molar-refractivity contribution is -0.890. The summed E-state index contributed by atoms with van der Waals surface area (Å²) in [6.45, 7) is 19.2. The zero-order valence-corrected chi connectivity index (χ0v) is 39.0. The molecule has 0 heterocycles.